The molecule has 4 heterocycles. The predicted octanol–water partition coefficient (Wildman–Crippen LogP) is 2.46. The highest BCUT2D eigenvalue weighted by Crippen LogP contribution is 2.42. The van der Waals surface area contributed by atoms with Gasteiger partial charge in [-0.1, -0.05) is 12.1 Å². The van der Waals surface area contributed by atoms with Gasteiger partial charge in [0, 0.05) is 0 Å². The van der Waals surface area contributed by atoms with Crippen LogP contribution in [0, 0.1) is 0 Å². The van der Waals surface area contributed by atoms with Gasteiger partial charge >= 0.3 is 0 Å². The minimum Gasteiger partial charge on any atom is -0.490 e. The Hall–Kier alpha value is -2.52. The van der Waals surface area contributed by atoms with Crippen molar-refractivity contribution in [2.45, 2.75) is 24.4 Å². The molecule has 6 rings (SSSR count). The molecular weight excluding hydrogens is 416 g/mol. The SMILES string of the molecule is c1cc(OCC2CO2)c(-c2ccc(OCC3CO3)c(OCC3CO3)c2)c(OCC2CO2)c1. The van der Waals surface area contributed by atoms with Gasteiger partial charge in [0.2, 0.25) is 0 Å². The van der Waals surface area contributed by atoms with Crippen molar-refractivity contribution in [1.82, 2.24) is 0 Å². The highest BCUT2D eigenvalue weighted by Gasteiger charge is 2.28. The first-order valence-electron chi connectivity index (χ1n) is 11.1. The van der Waals surface area contributed by atoms with Crippen molar-refractivity contribution in [2.24, 2.45) is 0 Å². The summed E-state index contributed by atoms with van der Waals surface area (Å²) in [5, 5.41) is 0. The highest BCUT2D eigenvalue weighted by atomic mass is 16.6. The van der Waals surface area contributed by atoms with E-state index >= 15 is 0 Å². The fourth-order valence-electron chi connectivity index (χ4n) is 3.32. The van der Waals surface area contributed by atoms with Crippen LogP contribution in [0.4, 0.5) is 0 Å². The summed E-state index contributed by atoms with van der Waals surface area (Å²) in [4.78, 5) is 0. The van der Waals surface area contributed by atoms with E-state index in [-0.39, 0.29) is 24.4 Å². The van der Waals surface area contributed by atoms with Crippen LogP contribution >= 0.6 is 0 Å². The van der Waals surface area contributed by atoms with E-state index in [0.29, 0.717) is 37.9 Å². The van der Waals surface area contributed by atoms with Crippen LogP contribution in [0.5, 0.6) is 23.0 Å². The molecule has 2 aromatic carbocycles. The topological polar surface area (TPSA) is 87.0 Å². The molecule has 0 aromatic heterocycles. The molecule has 0 spiro atoms. The largest absolute Gasteiger partial charge is 0.490 e. The molecule has 0 radical (unpaired) electrons. The molecule has 4 atom stereocenters. The van der Waals surface area contributed by atoms with Crippen LogP contribution in [-0.2, 0) is 18.9 Å². The molecular formula is C24H26O8. The summed E-state index contributed by atoms with van der Waals surface area (Å²) >= 11 is 0. The summed E-state index contributed by atoms with van der Waals surface area (Å²) in [5.74, 6) is 2.83. The third-order valence-electron chi connectivity index (χ3n) is 5.53. The second-order valence-corrected chi connectivity index (χ2v) is 8.36. The fraction of sp³-hybridized carbons (Fsp3) is 0.500. The first kappa shape index (κ1) is 20.1. The van der Waals surface area contributed by atoms with Gasteiger partial charge in [-0.3, -0.25) is 0 Å². The maximum atomic E-state index is 6.10. The average Bonchev–Trinajstić information content (AvgIpc) is 3.65. The summed E-state index contributed by atoms with van der Waals surface area (Å²) < 4.78 is 45.4. The molecule has 0 saturated carbocycles. The van der Waals surface area contributed by atoms with Crippen LogP contribution in [0.2, 0.25) is 0 Å². The van der Waals surface area contributed by atoms with Gasteiger partial charge in [0.25, 0.3) is 0 Å². The molecule has 8 heteroatoms. The lowest BCUT2D eigenvalue weighted by molar-refractivity contribution is 0.228. The van der Waals surface area contributed by atoms with E-state index in [9.17, 15) is 0 Å². The smallest absolute Gasteiger partial charge is 0.161 e. The Morgan fingerprint density at radius 2 is 1.00 bits per heavy atom. The molecule has 8 nitrogen and oxygen atoms in total. The quantitative estimate of drug-likeness (QED) is 0.437. The Morgan fingerprint density at radius 1 is 0.562 bits per heavy atom. The van der Waals surface area contributed by atoms with Gasteiger partial charge in [-0.05, 0) is 29.8 Å². The van der Waals surface area contributed by atoms with Crippen LogP contribution in [-0.4, -0.2) is 77.3 Å². The van der Waals surface area contributed by atoms with Gasteiger partial charge in [-0.25, -0.2) is 0 Å². The van der Waals surface area contributed by atoms with Gasteiger partial charge in [0.15, 0.2) is 11.5 Å². The number of benzene rings is 2. The molecule has 0 bridgehead atoms. The lowest BCUT2D eigenvalue weighted by atomic mass is 10.0. The molecule has 4 saturated heterocycles. The van der Waals surface area contributed by atoms with Crippen LogP contribution in [0.3, 0.4) is 0 Å². The third-order valence-corrected chi connectivity index (χ3v) is 5.53. The minimum absolute atomic E-state index is 0.143. The lowest BCUT2D eigenvalue weighted by Crippen LogP contribution is -2.09. The zero-order valence-electron chi connectivity index (χ0n) is 17.7. The molecule has 4 aliphatic heterocycles. The van der Waals surface area contributed by atoms with E-state index in [1.807, 2.05) is 36.4 Å². The maximum Gasteiger partial charge on any atom is 0.161 e. The Kier molecular flexibility index (Phi) is 5.52. The standard InChI is InChI=1S/C24H26O8/c1-2-21(30-12-17-8-26-17)24(22(3-1)31-13-18-9-27-18)15-4-5-20(29-11-16-7-25-16)23(6-15)32-14-19-10-28-19/h1-6,16-19H,7-14H2. The number of ether oxygens (including phenoxy) is 8. The second kappa shape index (κ2) is 8.78. The Morgan fingerprint density at radius 3 is 1.47 bits per heavy atom. The van der Waals surface area contributed by atoms with E-state index in [2.05, 4.69) is 0 Å². The fourth-order valence-corrected chi connectivity index (χ4v) is 3.32. The van der Waals surface area contributed by atoms with Gasteiger partial charge in [-0.2, -0.15) is 0 Å². The average molecular weight is 442 g/mol. The Labute approximate surface area is 186 Å². The molecule has 4 aliphatic rings. The van der Waals surface area contributed by atoms with E-state index in [1.54, 1.807) is 0 Å². The Balaban J connectivity index is 1.30. The van der Waals surface area contributed by atoms with E-state index in [1.165, 1.54) is 0 Å². The molecule has 170 valence electrons. The molecule has 2 aromatic rings. The molecule has 0 amide bonds. The summed E-state index contributed by atoms with van der Waals surface area (Å²) in [7, 11) is 0. The summed E-state index contributed by atoms with van der Waals surface area (Å²) in [6.45, 7) is 4.95. The van der Waals surface area contributed by atoms with Crippen LogP contribution in [0.1, 0.15) is 0 Å². The lowest BCUT2D eigenvalue weighted by Gasteiger charge is -2.18. The van der Waals surface area contributed by atoms with Crippen LogP contribution in [0.15, 0.2) is 36.4 Å². The second-order valence-electron chi connectivity index (χ2n) is 8.36. The number of rotatable bonds is 13. The number of hydrogen-bond donors (Lipinski definition) is 0. The van der Waals surface area contributed by atoms with Gasteiger partial charge in [0.1, 0.15) is 62.3 Å². The van der Waals surface area contributed by atoms with Gasteiger partial charge in [0.05, 0.1) is 32.0 Å². The van der Waals surface area contributed by atoms with Crippen molar-refractivity contribution in [1.29, 1.82) is 0 Å². The van der Waals surface area contributed by atoms with E-state index < -0.39 is 0 Å². The van der Waals surface area contributed by atoms with Crippen molar-refractivity contribution >= 4 is 0 Å². The van der Waals surface area contributed by atoms with E-state index in [0.717, 1.165) is 49.1 Å². The molecule has 0 aliphatic carbocycles. The van der Waals surface area contributed by atoms with Crippen LogP contribution < -0.4 is 18.9 Å². The molecule has 32 heavy (non-hydrogen) atoms. The van der Waals surface area contributed by atoms with E-state index in [4.69, 9.17) is 37.9 Å². The van der Waals surface area contributed by atoms with Crippen molar-refractivity contribution in [3.8, 4) is 34.1 Å². The number of hydrogen-bond acceptors (Lipinski definition) is 8. The third kappa shape index (κ3) is 5.27. The van der Waals surface area contributed by atoms with Gasteiger partial charge < -0.3 is 37.9 Å². The zero-order valence-corrected chi connectivity index (χ0v) is 17.7. The first-order valence-corrected chi connectivity index (χ1v) is 11.1. The van der Waals surface area contributed by atoms with Crippen molar-refractivity contribution < 1.29 is 37.9 Å². The predicted molar refractivity (Wildman–Crippen MR) is 113 cm³/mol. The van der Waals surface area contributed by atoms with Crippen molar-refractivity contribution in [2.75, 3.05) is 52.9 Å². The number of epoxide rings is 4. The summed E-state index contributed by atoms with van der Waals surface area (Å²) in [5.41, 5.74) is 1.80. The molecule has 4 unspecified atom stereocenters. The summed E-state index contributed by atoms with van der Waals surface area (Å²) in [6, 6.07) is 11.7. The first-order chi connectivity index (χ1) is 15.8. The highest BCUT2D eigenvalue weighted by molar-refractivity contribution is 5.78. The minimum atomic E-state index is 0.143. The monoisotopic (exact) mass is 442 g/mol. The summed E-state index contributed by atoms with van der Waals surface area (Å²) in [6.07, 6.45) is 0.623. The zero-order chi connectivity index (χ0) is 21.3. The Bertz CT molecular complexity index is 913. The molecule has 0 N–H and O–H groups in total. The van der Waals surface area contributed by atoms with Gasteiger partial charge in [-0.15, -0.1) is 0 Å². The molecule has 4 fully saturated rings. The maximum absolute atomic E-state index is 6.10. The van der Waals surface area contributed by atoms with Crippen molar-refractivity contribution in [3.63, 3.8) is 0 Å². The van der Waals surface area contributed by atoms with Crippen molar-refractivity contribution in [3.05, 3.63) is 36.4 Å². The van der Waals surface area contributed by atoms with Crippen LogP contribution in [0.25, 0.3) is 11.1 Å². The normalized spacial score (nSPS) is 26.9.